The van der Waals surface area contributed by atoms with Crippen molar-refractivity contribution in [3.8, 4) is 0 Å². The Kier molecular flexibility index (Phi) is 3.11. The minimum atomic E-state index is -0.501. The zero-order valence-electron chi connectivity index (χ0n) is 10.4. The van der Waals surface area contributed by atoms with Gasteiger partial charge >= 0.3 is 5.97 Å². The number of ether oxygens (including phenoxy) is 1. The molecule has 0 radical (unpaired) electrons. The zero-order chi connectivity index (χ0) is 13.3. The molecule has 0 saturated heterocycles. The number of rotatable bonds is 4. The number of carbonyl (C=O) groups excluding carboxylic acids is 2. The van der Waals surface area contributed by atoms with Crippen LogP contribution in [0.1, 0.15) is 19.8 Å². The first-order valence-corrected chi connectivity index (χ1v) is 5.96. The lowest BCUT2D eigenvalue weighted by Crippen LogP contribution is -2.34. The van der Waals surface area contributed by atoms with E-state index in [9.17, 15) is 9.59 Å². The van der Waals surface area contributed by atoms with E-state index in [4.69, 9.17) is 10.5 Å². The molecule has 0 aromatic carbocycles. The fourth-order valence-electron chi connectivity index (χ4n) is 2.88. The van der Waals surface area contributed by atoms with Crippen molar-refractivity contribution in [2.24, 2.45) is 17.1 Å². The lowest BCUT2D eigenvalue weighted by molar-refractivity contribution is -0.136. The van der Waals surface area contributed by atoms with Crippen LogP contribution >= 0.6 is 0 Å². The summed E-state index contributed by atoms with van der Waals surface area (Å²) in [5.41, 5.74) is 7.22. The number of nitrogens with two attached hydrogens (primary N) is 1. The normalized spacial score (nSPS) is 31.3. The number of esters is 1. The van der Waals surface area contributed by atoms with Crippen LogP contribution in [-0.2, 0) is 14.3 Å². The number of amides is 1. The van der Waals surface area contributed by atoms with Crippen LogP contribution in [0, 0.1) is 11.3 Å². The van der Waals surface area contributed by atoms with Gasteiger partial charge in [-0.15, -0.1) is 0 Å². The first-order valence-electron chi connectivity index (χ1n) is 5.96. The summed E-state index contributed by atoms with van der Waals surface area (Å²) < 4.78 is 4.91. The summed E-state index contributed by atoms with van der Waals surface area (Å²) in [6.45, 7) is 5.51. The molecular weight excluding hydrogens is 230 g/mol. The van der Waals surface area contributed by atoms with Gasteiger partial charge in [-0.3, -0.25) is 4.79 Å². The molecule has 2 aliphatic rings. The Bertz CT molecular complexity index is 475. The van der Waals surface area contributed by atoms with E-state index in [1.165, 1.54) is 0 Å². The van der Waals surface area contributed by atoms with E-state index < -0.39 is 11.4 Å². The van der Waals surface area contributed by atoms with E-state index in [2.05, 4.69) is 12.7 Å². The van der Waals surface area contributed by atoms with Crippen LogP contribution < -0.4 is 5.73 Å². The molecule has 2 unspecified atom stereocenters. The first kappa shape index (κ1) is 12.6. The van der Waals surface area contributed by atoms with Crippen molar-refractivity contribution < 1.29 is 14.3 Å². The molecule has 0 aromatic heterocycles. The average molecular weight is 247 g/mol. The second-order valence-electron chi connectivity index (χ2n) is 4.90. The summed E-state index contributed by atoms with van der Waals surface area (Å²) in [4.78, 5) is 22.5. The van der Waals surface area contributed by atoms with Crippen molar-refractivity contribution in [3.05, 3.63) is 36.0 Å². The summed E-state index contributed by atoms with van der Waals surface area (Å²) in [5, 5.41) is 0. The summed E-state index contributed by atoms with van der Waals surface area (Å²) in [7, 11) is 0. The lowest BCUT2D eigenvalue weighted by atomic mass is 9.79. The van der Waals surface area contributed by atoms with Gasteiger partial charge in [-0.1, -0.05) is 23.8 Å². The molecule has 2 aliphatic carbocycles. The van der Waals surface area contributed by atoms with Gasteiger partial charge in [0.1, 0.15) is 6.61 Å². The van der Waals surface area contributed by atoms with Crippen molar-refractivity contribution >= 4 is 11.9 Å². The average Bonchev–Trinajstić information content (AvgIpc) is 2.84. The van der Waals surface area contributed by atoms with Crippen LogP contribution in [0.15, 0.2) is 36.0 Å². The molecular formula is C14H17NO3. The predicted octanol–water partition coefficient (Wildman–Crippen LogP) is 1.48. The molecule has 4 heteroatoms. The van der Waals surface area contributed by atoms with Gasteiger partial charge in [-0.2, -0.15) is 0 Å². The quantitative estimate of drug-likeness (QED) is 0.465. The highest BCUT2D eigenvalue weighted by Crippen LogP contribution is 2.55. The Labute approximate surface area is 106 Å². The minimum absolute atomic E-state index is 0.221. The van der Waals surface area contributed by atoms with E-state index in [0.717, 1.165) is 23.6 Å². The summed E-state index contributed by atoms with van der Waals surface area (Å²) in [5.74, 6) is -0.434. The van der Waals surface area contributed by atoms with Crippen LogP contribution in [0.4, 0.5) is 0 Å². The zero-order valence-corrected chi connectivity index (χ0v) is 10.4. The summed E-state index contributed by atoms with van der Waals surface area (Å²) in [6.07, 6.45) is 6.51. The van der Waals surface area contributed by atoms with E-state index in [-0.39, 0.29) is 18.4 Å². The molecule has 1 amide bonds. The maximum absolute atomic E-state index is 11.6. The van der Waals surface area contributed by atoms with E-state index in [1.807, 2.05) is 13.0 Å². The number of carbonyl (C=O) groups is 2. The topological polar surface area (TPSA) is 69.4 Å². The third-order valence-electron chi connectivity index (χ3n) is 3.97. The van der Waals surface area contributed by atoms with Crippen molar-refractivity contribution in [1.82, 2.24) is 0 Å². The molecule has 96 valence electrons. The number of hydrogen-bond donors (Lipinski definition) is 1. The Morgan fingerprint density at radius 1 is 1.67 bits per heavy atom. The highest BCUT2D eigenvalue weighted by Gasteiger charge is 2.51. The highest BCUT2D eigenvalue weighted by molar-refractivity contribution is 5.86. The SMILES string of the molecule is C=CC(=O)OCC=C1CC2(C(N)=O)CC1C=C2C. The second kappa shape index (κ2) is 4.44. The largest absolute Gasteiger partial charge is 0.458 e. The monoisotopic (exact) mass is 247 g/mol. The second-order valence-corrected chi connectivity index (χ2v) is 4.90. The molecule has 2 rings (SSSR count). The standard InChI is InChI=1S/C14H17NO3/c1-3-12(16)18-5-4-10-7-14(13(15)17)8-11(10)6-9(14)2/h3-4,6,11H,1,5,7-8H2,2H3,(H2,15,17). The molecule has 0 aliphatic heterocycles. The molecule has 0 spiro atoms. The van der Waals surface area contributed by atoms with Crippen molar-refractivity contribution in [2.45, 2.75) is 19.8 Å². The van der Waals surface area contributed by atoms with Crippen LogP contribution in [0.5, 0.6) is 0 Å². The number of fused-ring (bicyclic) bond motifs is 2. The third kappa shape index (κ3) is 1.88. The Morgan fingerprint density at radius 2 is 2.39 bits per heavy atom. The Hall–Kier alpha value is -1.84. The van der Waals surface area contributed by atoms with E-state index >= 15 is 0 Å². The van der Waals surface area contributed by atoms with Crippen LogP contribution in [0.25, 0.3) is 0 Å². The van der Waals surface area contributed by atoms with Gasteiger partial charge < -0.3 is 10.5 Å². The number of primary amides is 1. The molecule has 0 heterocycles. The maximum Gasteiger partial charge on any atom is 0.330 e. The number of hydrogen-bond acceptors (Lipinski definition) is 3. The minimum Gasteiger partial charge on any atom is -0.458 e. The van der Waals surface area contributed by atoms with Gasteiger partial charge in [0.15, 0.2) is 0 Å². The van der Waals surface area contributed by atoms with Gasteiger partial charge in [0.05, 0.1) is 5.41 Å². The van der Waals surface area contributed by atoms with Crippen molar-refractivity contribution in [2.75, 3.05) is 6.61 Å². The smallest absolute Gasteiger partial charge is 0.330 e. The summed E-state index contributed by atoms with van der Waals surface area (Å²) in [6, 6.07) is 0. The fourth-order valence-corrected chi connectivity index (χ4v) is 2.88. The summed E-state index contributed by atoms with van der Waals surface area (Å²) >= 11 is 0. The Morgan fingerprint density at radius 3 is 2.94 bits per heavy atom. The molecule has 1 saturated carbocycles. The van der Waals surface area contributed by atoms with Crippen LogP contribution in [-0.4, -0.2) is 18.5 Å². The first-order chi connectivity index (χ1) is 8.49. The van der Waals surface area contributed by atoms with Crippen LogP contribution in [0.3, 0.4) is 0 Å². The Balaban J connectivity index is 2.08. The maximum atomic E-state index is 11.6. The predicted molar refractivity (Wildman–Crippen MR) is 67.3 cm³/mol. The third-order valence-corrected chi connectivity index (χ3v) is 3.97. The van der Waals surface area contributed by atoms with Gasteiger partial charge in [0, 0.05) is 6.08 Å². The van der Waals surface area contributed by atoms with E-state index in [1.54, 1.807) is 0 Å². The van der Waals surface area contributed by atoms with Crippen molar-refractivity contribution in [1.29, 1.82) is 0 Å². The highest BCUT2D eigenvalue weighted by atomic mass is 16.5. The molecule has 4 nitrogen and oxygen atoms in total. The fraction of sp³-hybridized carbons (Fsp3) is 0.429. The molecule has 18 heavy (non-hydrogen) atoms. The van der Waals surface area contributed by atoms with Gasteiger partial charge in [-0.05, 0) is 31.8 Å². The molecule has 0 aromatic rings. The van der Waals surface area contributed by atoms with Crippen LogP contribution in [0.2, 0.25) is 0 Å². The van der Waals surface area contributed by atoms with Crippen molar-refractivity contribution in [3.63, 3.8) is 0 Å². The molecule has 1 fully saturated rings. The molecule has 2 bridgehead atoms. The van der Waals surface area contributed by atoms with Gasteiger partial charge in [-0.25, -0.2) is 4.79 Å². The number of allylic oxidation sites excluding steroid dienone is 2. The van der Waals surface area contributed by atoms with Gasteiger partial charge in [0.2, 0.25) is 5.91 Å². The van der Waals surface area contributed by atoms with E-state index in [0.29, 0.717) is 6.42 Å². The molecule has 2 atom stereocenters. The molecule has 2 N–H and O–H groups in total. The lowest BCUT2D eigenvalue weighted by Gasteiger charge is -2.24. The van der Waals surface area contributed by atoms with Gasteiger partial charge in [0.25, 0.3) is 0 Å².